The Labute approximate surface area is 274 Å². The summed E-state index contributed by atoms with van der Waals surface area (Å²) in [6.45, 7) is 0.285. The molecule has 0 aliphatic carbocycles. The van der Waals surface area contributed by atoms with Crippen molar-refractivity contribution >= 4 is 34.8 Å². The maximum atomic E-state index is 13.1. The van der Waals surface area contributed by atoms with E-state index in [1.54, 1.807) is 25.4 Å². The van der Waals surface area contributed by atoms with Crippen molar-refractivity contribution in [2.45, 2.75) is 19.1 Å². The molecule has 0 saturated heterocycles. The summed E-state index contributed by atoms with van der Waals surface area (Å²) >= 11 is 14.0. The number of fused-ring (bicyclic) bond motifs is 1. The molecule has 0 saturated carbocycles. The maximum absolute atomic E-state index is 13.1. The Morgan fingerprint density at radius 1 is 0.957 bits per heavy atom. The summed E-state index contributed by atoms with van der Waals surface area (Å²) in [5, 5.41) is 34.1. The zero-order valence-electron chi connectivity index (χ0n) is 24.7. The number of hydrogen-bond donors (Lipinski definition) is 5. The van der Waals surface area contributed by atoms with Crippen molar-refractivity contribution in [3.8, 4) is 39.4 Å². The number of aliphatic carboxylic acids is 1. The second-order valence-electron chi connectivity index (χ2n) is 10.3. The standard InChI is InChI=1S/C33H31Cl2N5O6/c1-46-31-20(15-36-11-13-41)8-9-26(39-31)25-7-3-6-24(30(25)35)23-5-2-4-22(29(23)34)19-10-12-40-28(14-19)38-17-21(32(40)43)16-37-27(18-42)33(44)45/h2-10,12,14,17,27,36-37,41-42H,11,13,15-16,18H2,1H3,(H,44,45). The molecule has 1 unspecified atom stereocenters. The number of rotatable bonds is 13. The lowest BCUT2D eigenvalue weighted by Crippen LogP contribution is -2.40. The predicted molar refractivity (Wildman–Crippen MR) is 176 cm³/mol. The summed E-state index contributed by atoms with van der Waals surface area (Å²) in [5.41, 5.74) is 5.25. The zero-order chi connectivity index (χ0) is 32.8. The lowest BCUT2D eigenvalue weighted by Gasteiger charge is -2.15. The van der Waals surface area contributed by atoms with Gasteiger partial charge in [-0.1, -0.05) is 65.7 Å². The number of nitrogens with zero attached hydrogens (tertiary/aromatic N) is 3. The van der Waals surface area contributed by atoms with E-state index in [1.165, 1.54) is 10.6 Å². The minimum absolute atomic E-state index is 0.0289. The van der Waals surface area contributed by atoms with Gasteiger partial charge in [0.1, 0.15) is 11.7 Å². The highest BCUT2D eigenvalue weighted by Gasteiger charge is 2.19. The molecule has 238 valence electrons. The van der Waals surface area contributed by atoms with Crippen LogP contribution in [0.4, 0.5) is 0 Å². The van der Waals surface area contributed by atoms with Gasteiger partial charge in [0.05, 0.1) is 41.6 Å². The van der Waals surface area contributed by atoms with E-state index < -0.39 is 18.6 Å². The van der Waals surface area contributed by atoms with Crippen LogP contribution in [-0.4, -0.2) is 68.6 Å². The number of aromatic nitrogens is 3. The van der Waals surface area contributed by atoms with Crippen LogP contribution in [0.2, 0.25) is 10.0 Å². The Morgan fingerprint density at radius 2 is 1.65 bits per heavy atom. The average Bonchev–Trinajstić information content (AvgIpc) is 3.06. The monoisotopic (exact) mass is 663 g/mol. The smallest absolute Gasteiger partial charge is 0.323 e. The van der Waals surface area contributed by atoms with Gasteiger partial charge in [-0.05, 0) is 23.8 Å². The molecule has 1 atom stereocenters. The van der Waals surface area contributed by atoms with Crippen LogP contribution in [0.3, 0.4) is 0 Å². The molecule has 0 bridgehead atoms. The molecule has 0 aliphatic heterocycles. The normalized spacial score (nSPS) is 11.9. The van der Waals surface area contributed by atoms with Crippen molar-refractivity contribution in [1.82, 2.24) is 25.0 Å². The summed E-state index contributed by atoms with van der Waals surface area (Å²) in [5.74, 6) is -0.769. The van der Waals surface area contributed by atoms with Gasteiger partial charge in [-0.25, -0.2) is 9.97 Å². The SMILES string of the molecule is COc1nc(-c2cccc(-c3cccc(-c4ccn5c(=O)c(CNC(CO)C(=O)O)cnc5c4)c3Cl)c2Cl)ccc1CNCCO. The van der Waals surface area contributed by atoms with E-state index in [9.17, 15) is 14.7 Å². The molecular weight excluding hydrogens is 633 g/mol. The van der Waals surface area contributed by atoms with Gasteiger partial charge in [0.2, 0.25) is 5.88 Å². The summed E-state index contributed by atoms with van der Waals surface area (Å²) in [7, 11) is 1.55. The third-order valence-corrected chi connectivity index (χ3v) is 8.23. The number of methoxy groups -OCH3 is 1. The van der Waals surface area contributed by atoms with E-state index in [-0.39, 0.29) is 24.3 Å². The van der Waals surface area contributed by atoms with Crippen LogP contribution in [0.15, 0.2) is 77.9 Å². The van der Waals surface area contributed by atoms with Crippen LogP contribution in [0.5, 0.6) is 5.88 Å². The summed E-state index contributed by atoms with van der Waals surface area (Å²) < 4.78 is 6.88. The van der Waals surface area contributed by atoms with Crippen LogP contribution in [0.25, 0.3) is 39.2 Å². The Hall–Kier alpha value is -4.36. The van der Waals surface area contributed by atoms with E-state index in [1.807, 2.05) is 48.5 Å². The number of aliphatic hydroxyl groups excluding tert-OH is 2. The summed E-state index contributed by atoms with van der Waals surface area (Å²) in [6.07, 6.45) is 2.97. The fourth-order valence-electron chi connectivity index (χ4n) is 5.00. The number of benzene rings is 2. The lowest BCUT2D eigenvalue weighted by atomic mass is 9.97. The van der Waals surface area contributed by atoms with Gasteiger partial charge in [0.15, 0.2) is 0 Å². The molecule has 2 aromatic carbocycles. The molecule has 46 heavy (non-hydrogen) atoms. The second-order valence-corrected chi connectivity index (χ2v) is 11.0. The molecule has 5 aromatic rings. The number of hydrogen-bond acceptors (Lipinski definition) is 9. The molecule has 0 fully saturated rings. The quantitative estimate of drug-likeness (QED) is 0.117. The minimum Gasteiger partial charge on any atom is -0.481 e. The molecule has 13 heteroatoms. The lowest BCUT2D eigenvalue weighted by molar-refractivity contribution is -0.140. The number of pyridine rings is 2. The topological polar surface area (TPSA) is 158 Å². The van der Waals surface area contributed by atoms with E-state index in [0.717, 1.165) is 11.1 Å². The minimum atomic E-state index is -1.22. The third-order valence-electron chi connectivity index (χ3n) is 7.41. The fraction of sp³-hybridized carbons (Fsp3) is 0.212. The first-order chi connectivity index (χ1) is 22.3. The molecule has 5 rings (SSSR count). The van der Waals surface area contributed by atoms with Gasteiger partial charge in [0.25, 0.3) is 5.56 Å². The Bertz CT molecular complexity index is 1950. The first kappa shape index (κ1) is 33.0. The van der Waals surface area contributed by atoms with E-state index in [4.69, 9.17) is 38.2 Å². The van der Waals surface area contributed by atoms with E-state index >= 15 is 0 Å². The van der Waals surface area contributed by atoms with Crippen molar-refractivity contribution in [2.24, 2.45) is 0 Å². The van der Waals surface area contributed by atoms with Crippen LogP contribution in [-0.2, 0) is 17.9 Å². The van der Waals surface area contributed by atoms with Crippen molar-refractivity contribution in [1.29, 1.82) is 0 Å². The van der Waals surface area contributed by atoms with Gasteiger partial charge in [-0.3, -0.25) is 19.3 Å². The number of carboxylic acid groups (broad SMARTS) is 1. The molecular formula is C33H31Cl2N5O6. The van der Waals surface area contributed by atoms with Crippen LogP contribution >= 0.6 is 23.2 Å². The predicted octanol–water partition coefficient (Wildman–Crippen LogP) is 4.02. The van der Waals surface area contributed by atoms with Crippen molar-refractivity contribution < 1.29 is 24.9 Å². The average molecular weight is 665 g/mol. The fourth-order valence-corrected chi connectivity index (χ4v) is 5.66. The summed E-state index contributed by atoms with van der Waals surface area (Å²) in [6, 6.07) is 17.3. The Morgan fingerprint density at radius 3 is 2.33 bits per heavy atom. The van der Waals surface area contributed by atoms with Gasteiger partial charge in [-0.15, -0.1) is 0 Å². The number of ether oxygens (including phenoxy) is 1. The van der Waals surface area contributed by atoms with Crippen molar-refractivity contribution in [2.75, 3.05) is 26.9 Å². The number of carboxylic acids is 1. The highest BCUT2D eigenvalue weighted by Crippen LogP contribution is 2.42. The number of aliphatic hydroxyl groups is 2. The first-order valence-electron chi connectivity index (χ1n) is 14.3. The molecule has 0 radical (unpaired) electrons. The van der Waals surface area contributed by atoms with Crippen molar-refractivity contribution in [3.63, 3.8) is 0 Å². The van der Waals surface area contributed by atoms with Crippen molar-refractivity contribution in [3.05, 3.63) is 105 Å². The van der Waals surface area contributed by atoms with E-state index in [2.05, 4.69) is 20.6 Å². The van der Waals surface area contributed by atoms with Crippen LogP contribution < -0.4 is 20.9 Å². The van der Waals surface area contributed by atoms with Gasteiger partial charge >= 0.3 is 5.97 Å². The number of carbonyl (C=O) groups is 1. The molecule has 0 spiro atoms. The number of nitrogens with one attached hydrogen (secondary N) is 2. The Balaban J connectivity index is 1.47. The first-order valence-corrected chi connectivity index (χ1v) is 15.0. The van der Waals surface area contributed by atoms with Gasteiger partial charge < -0.3 is 25.4 Å². The molecule has 11 nitrogen and oxygen atoms in total. The highest BCUT2D eigenvalue weighted by molar-refractivity contribution is 6.39. The maximum Gasteiger partial charge on any atom is 0.323 e. The van der Waals surface area contributed by atoms with E-state index in [0.29, 0.717) is 62.6 Å². The molecule has 3 heterocycles. The second kappa shape index (κ2) is 14.8. The highest BCUT2D eigenvalue weighted by atomic mass is 35.5. The zero-order valence-corrected chi connectivity index (χ0v) is 26.2. The Kier molecular flexibility index (Phi) is 10.6. The van der Waals surface area contributed by atoms with Crippen LogP contribution in [0.1, 0.15) is 11.1 Å². The molecule has 0 amide bonds. The van der Waals surface area contributed by atoms with Gasteiger partial charge in [-0.2, -0.15) is 0 Å². The van der Waals surface area contributed by atoms with Gasteiger partial charge in [0, 0.05) is 59.8 Å². The molecule has 5 N–H and O–H groups in total. The molecule has 3 aromatic heterocycles. The largest absolute Gasteiger partial charge is 0.481 e. The third kappa shape index (κ3) is 6.90. The van der Waals surface area contributed by atoms with Crippen LogP contribution in [0, 0.1) is 0 Å². The number of halogens is 2. The summed E-state index contributed by atoms with van der Waals surface area (Å²) in [4.78, 5) is 33.3. The molecule has 0 aliphatic rings.